The molecule has 0 aromatic heterocycles. The van der Waals surface area contributed by atoms with Crippen molar-refractivity contribution in [2.45, 2.75) is 172 Å². The molecule has 2 saturated carbocycles. The summed E-state index contributed by atoms with van der Waals surface area (Å²) >= 11 is 0. The average Bonchev–Trinajstić information content (AvgIpc) is 3.48. The fraction of sp³-hybridized carbons (Fsp3) is 0.897. The Morgan fingerprint density at radius 2 is 1.55 bits per heavy atom. The second kappa shape index (κ2) is 16.9. The minimum absolute atomic E-state index is 0.0678. The number of aliphatic hydroxyl groups excluding tert-OH is 7. The summed E-state index contributed by atoms with van der Waals surface area (Å²) in [6.45, 7) is 9.79. The third kappa shape index (κ3) is 8.51. The van der Waals surface area contributed by atoms with Crippen LogP contribution in [0, 0.1) is 34.5 Å². The first-order valence-electron chi connectivity index (χ1n) is 20.1. The van der Waals surface area contributed by atoms with E-state index in [2.05, 4.69) is 40.7 Å². The lowest BCUT2D eigenvalue weighted by Gasteiger charge is -2.57. The maximum Gasteiger partial charge on any atom is 0.397 e. The van der Waals surface area contributed by atoms with Gasteiger partial charge in [-0.3, -0.25) is 4.55 Å². The van der Waals surface area contributed by atoms with E-state index in [4.69, 9.17) is 23.1 Å². The van der Waals surface area contributed by atoms with Crippen molar-refractivity contribution < 1.29 is 71.8 Å². The first-order valence-corrected chi connectivity index (χ1v) is 21.4. The van der Waals surface area contributed by atoms with Crippen LogP contribution < -0.4 is 0 Å². The molecule has 0 amide bonds. The largest absolute Gasteiger partial charge is 0.397 e. The van der Waals surface area contributed by atoms with Gasteiger partial charge in [-0.05, 0) is 113 Å². The van der Waals surface area contributed by atoms with Crippen LogP contribution in [0.1, 0.15) is 98.8 Å². The van der Waals surface area contributed by atoms with Crippen molar-refractivity contribution in [1.82, 2.24) is 0 Å². The lowest BCUT2D eigenvalue weighted by Crippen LogP contribution is -2.65. The molecule has 6 aliphatic rings. The maximum atomic E-state index is 12.4. The minimum atomic E-state index is -4.83. The summed E-state index contributed by atoms with van der Waals surface area (Å²) < 4.78 is 64.1. The van der Waals surface area contributed by atoms with Gasteiger partial charge in [0, 0.05) is 0 Å². The van der Waals surface area contributed by atoms with Crippen LogP contribution in [0.3, 0.4) is 0 Å². The molecule has 316 valence electrons. The first-order chi connectivity index (χ1) is 25.8. The molecule has 8 N–H and O–H groups in total. The predicted molar refractivity (Wildman–Crippen MR) is 196 cm³/mol. The lowest BCUT2D eigenvalue weighted by atomic mass is 9.50. The molecule has 0 aromatic carbocycles. The van der Waals surface area contributed by atoms with E-state index in [-0.39, 0.29) is 17.8 Å². The molecular weight excluding hydrogens is 740 g/mol. The molecule has 0 radical (unpaired) electrons. The summed E-state index contributed by atoms with van der Waals surface area (Å²) in [6, 6.07) is 0. The highest BCUT2D eigenvalue weighted by atomic mass is 32.3. The van der Waals surface area contributed by atoms with Crippen molar-refractivity contribution in [3.63, 3.8) is 0 Å². The van der Waals surface area contributed by atoms with Gasteiger partial charge >= 0.3 is 10.4 Å². The van der Waals surface area contributed by atoms with Crippen LogP contribution in [0.25, 0.3) is 0 Å². The Balaban J connectivity index is 1.24. The fourth-order valence-corrected chi connectivity index (χ4v) is 12.0. The van der Waals surface area contributed by atoms with Crippen LogP contribution in [0.5, 0.6) is 0 Å². The number of rotatable bonds is 12. The van der Waals surface area contributed by atoms with Gasteiger partial charge in [-0.2, -0.15) is 8.42 Å². The highest BCUT2D eigenvalue weighted by molar-refractivity contribution is 7.80. The van der Waals surface area contributed by atoms with Crippen molar-refractivity contribution in [2.24, 2.45) is 34.5 Å². The van der Waals surface area contributed by atoms with Crippen LogP contribution in [0.2, 0.25) is 0 Å². The van der Waals surface area contributed by atoms with Crippen molar-refractivity contribution in [3.05, 3.63) is 22.8 Å². The van der Waals surface area contributed by atoms with E-state index in [0.29, 0.717) is 31.1 Å². The number of aliphatic hydroxyl groups is 7. The van der Waals surface area contributed by atoms with E-state index in [1.807, 2.05) is 0 Å². The number of ether oxygens (including phenoxy) is 4. The molecule has 16 heteroatoms. The van der Waals surface area contributed by atoms with Crippen LogP contribution in [-0.2, 0) is 33.5 Å². The summed E-state index contributed by atoms with van der Waals surface area (Å²) in [5, 5.41) is 72.8. The molecule has 4 aliphatic carbocycles. The molecular formula is C39H64O15S. The standard InChI is InChI=1S/C39H64O15S/c1-19(2)7-6-8-20(3)23-9-10-24-22-16-27(54-55(47,48)49)26-15-21(11-13-39(26,5)25(22)12-14-38(23,24)4)50-37-35(33(45)31(43)29(18-41)52-37)53-36-34(46)32(44)30(42)28(17-40)51-36/h7,20-21,23-24,26-37,40-46H,6,8-18H2,1-5H3,(H,47,48,49)/t20-,21-,23-,24+,26-,27-,28-,29+,30-,31-,32+,33+,34+,35-,36+,37-,38-,39+/m0/s1. The molecule has 0 spiro atoms. The fourth-order valence-electron chi connectivity index (χ4n) is 11.5. The monoisotopic (exact) mass is 804 g/mol. The van der Waals surface area contributed by atoms with Gasteiger partial charge in [0.05, 0.1) is 25.4 Å². The van der Waals surface area contributed by atoms with E-state index in [1.165, 1.54) is 16.7 Å². The van der Waals surface area contributed by atoms with E-state index in [1.54, 1.807) is 0 Å². The Labute approximate surface area is 324 Å². The normalized spacial score (nSPS) is 46.7. The molecule has 0 aromatic rings. The van der Waals surface area contributed by atoms with Gasteiger partial charge in [-0.1, -0.05) is 43.6 Å². The Morgan fingerprint density at radius 3 is 2.18 bits per heavy atom. The zero-order valence-corrected chi connectivity index (χ0v) is 33.5. The highest BCUT2D eigenvalue weighted by Crippen LogP contribution is 2.66. The summed E-state index contributed by atoms with van der Waals surface area (Å²) in [4.78, 5) is 0. The third-order valence-corrected chi connectivity index (χ3v) is 14.9. The van der Waals surface area contributed by atoms with Gasteiger partial charge in [0.15, 0.2) is 12.6 Å². The third-order valence-electron chi connectivity index (χ3n) is 14.4. The molecule has 2 aliphatic heterocycles. The molecule has 6 rings (SSSR count). The van der Waals surface area contributed by atoms with Gasteiger partial charge in [-0.15, -0.1) is 0 Å². The molecule has 2 heterocycles. The molecule has 0 unspecified atom stereocenters. The van der Waals surface area contributed by atoms with Gasteiger partial charge in [0.2, 0.25) is 0 Å². The van der Waals surface area contributed by atoms with Crippen LogP contribution in [0.4, 0.5) is 0 Å². The van der Waals surface area contributed by atoms with Crippen LogP contribution >= 0.6 is 0 Å². The van der Waals surface area contributed by atoms with Crippen molar-refractivity contribution >= 4 is 10.4 Å². The molecule has 2 saturated heterocycles. The summed E-state index contributed by atoms with van der Waals surface area (Å²) in [5.41, 5.74) is 3.55. The zero-order valence-electron chi connectivity index (χ0n) is 32.6. The van der Waals surface area contributed by atoms with Crippen molar-refractivity contribution in [3.8, 4) is 0 Å². The Morgan fingerprint density at radius 1 is 0.891 bits per heavy atom. The summed E-state index contributed by atoms with van der Waals surface area (Å²) in [7, 11) is -4.83. The summed E-state index contributed by atoms with van der Waals surface area (Å²) in [6.07, 6.45) is -7.06. The van der Waals surface area contributed by atoms with Gasteiger partial charge < -0.3 is 54.7 Å². The van der Waals surface area contributed by atoms with Gasteiger partial charge in [0.25, 0.3) is 0 Å². The van der Waals surface area contributed by atoms with E-state index >= 15 is 0 Å². The maximum absolute atomic E-state index is 12.4. The lowest BCUT2D eigenvalue weighted by molar-refractivity contribution is -0.373. The number of allylic oxidation sites excluding steroid dienone is 3. The smallest absolute Gasteiger partial charge is 0.394 e. The minimum Gasteiger partial charge on any atom is -0.394 e. The van der Waals surface area contributed by atoms with Crippen LogP contribution in [0.15, 0.2) is 22.8 Å². The Kier molecular flexibility index (Phi) is 13.3. The van der Waals surface area contributed by atoms with E-state index < -0.39 is 109 Å². The molecule has 15 nitrogen and oxygen atoms in total. The molecule has 0 bridgehead atoms. The second-order valence-corrected chi connectivity index (χ2v) is 19.0. The molecule has 4 fully saturated rings. The molecule has 18 atom stereocenters. The van der Waals surface area contributed by atoms with Crippen molar-refractivity contribution in [1.29, 1.82) is 0 Å². The SMILES string of the molecule is CC(C)=CCC[C@H](C)[C@@H]1CC[C@@H]2C3=C(CC[C@]21C)[C@@]1(C)CC[C@H](O[C@H]2O[C@H](CO)[C@H](O)[C@@H](O)[C@@H]2O[C@H]2O[C@@H](CO)[C@H](O)[C@@H](O)[C@H]2O)C[C@H]1[C@@H](OS(=O)(=O)O)C3. The van der Waals surface area contributed by atoms with Crippen molar-refractivity contribution in [2.75, 3.05) is 13.2 Å². The van der Waals surface area contributed by atoms with Crippen LogP contribution in [-0.4, -0.2) is 136 Å². The topological polar surface area (TPSA) is 242 Å². The number of hydrogen-bond donors (Lipinski definition) is 8. The van der Waals surface area contributed by atoms with E-state index in [0.717, 1.165) is 38.5 Å². The van der Waals surface area contributed by atoms with Gasteiger partial charge in [-0.25, -0.2) is 4.18 Å². The second-order valence-electron chi connectivity index (χ2n) is 17.9. The Bertz CT molecular complexity index is 1520. The Hall–Kier alpha value is -1.09. The average molecular weight is 805 g/mol. The zero-order chi connectivity index (χ0) is 40.2. The first kappa shape index (κ1) is 43.5. The number of hydrogen-bond acceptors (Lipinski definition) is 14. The number of fused-ring (bicyclic) bond motifs is 4. The predicted octanol–water partition coefficient (Wildman–Crippen LogP) is 1.90. The molecule has 55 heavy (non-hydrogen) atoms. The van der Waals surface area contributed by atoms with Gasteiger partial charge in [0.1, 0.15) is 48.8 Å². The van der Waals surface area contributed by atoms with E-state index in [9.17, 15) is 48.7 Å². The summed E-state index contributed by atoms with van der Waals surface area (Å²) in [5.74, 6) is 0.968. The quantitative estimate of drug-likeness (QED) is 0.104. The highest BCUT2D eigenvalue weighted by Gasteiger charge is 2.59.